The number of nitrogens with one attached hydrogen (secondary N) is 1. The molecule has 1 N–H and O–H groups in total. The lowest BCUT2D eigenvalue weighted by Crippen LogP contribution is -2.24. The minimum absolute atomic E-state index is 0.0968. The maximum atomic E-state index is 12.2. The van der Waals surface area contributed by atoms with Crippen LogP contribution >= 0.6 is 0 Å². The number of rotatable bonds is 7. The summed E-state index contributed by atoms with van der Waals surface area (Å²) in [6, 6.07) is 26.4. The maximum absolute atomic E-state index is 12.2. The molecule has 0 radical (unpaired) electrons. The molecule has 1 amide bonds. The number of carbonyl (C=O) groups is 1. The van der Waals surface area contributed by atoms with Crippen LogP contribution in [0.15, 0.2) is 84.9 Å². The lowest BCUT2D eigenvalue weighted by molar-refractivity contribution is -0.116. The Hall–Kier alpha value is -3.66. The van der Waals surface area contributed by atoms with Gasteiger partial charge in [0.2, 0.25) is 5.91 Å². The second kappa shape index (κ2) is 9.23. The molecule has 1 heterocycles. The summed E-state index contributed by atoms with van der Waals surface area (Å²) in [4.78, 5) is 17.0. The number of imidazole rings is 1. The van der Waals surface area contributed by atoms with E-state index in [2.05, 4.69) is 47.1 Å². The van der Waals surface area contributed by atoms with Crippen molar-refractivity contribution < 1.29 is 4.79 Å². The Morgan fingerprint density at radius 2 is 1.70 bits per heavy atom. The Morgan fingerprint density at radius 1 is 0.967 bits per heavy atom. The van der Waals surface area contributed by atoms with Gasteiger partial charge in [0.25, 0.3) is 0 Å². The zero-order valence-corrected chi connectivity index (χ0v) is 17.1. The Balaban J connectivity index is 1.47. The first kappa shape index (κ1) is 19.6. The Bertz CT molecular complexity index is 1180. The zero-order valence-electron chi connectivity index (χ0n) is 17.1. The molecule has 4 rings (SSSR count). The molecule has 4 aromatic rings. The number of aryl methyl sites for hydroxylation is 1. The van der Waals surface area contributed by atoms with E-state index in [4.69, 9.17) is 4.98 Å². The van der Waals surface area contributed by atoms with Crippen molar-refractivity contribution in [2.75, 3.05) is 6.54 Å². The van der Waals surface area contributed by atoms with E-state index >= 15 is 0 Å². The second-order valence-electron chi connectivity index (χ2n) is 7.31. The number of hydrogen-bond donors (Lipinski definition) is 1. The van der Waals surface area contributed by atoms with Gasteiger partial charge in [-0.1, -0.05) is 66.7 Å². The van der Waals surface area contributed by atoms with Crippen LogP contribution in [0.3, 0.4) is 0 Å². The Labute approximate surface area is 176 Å². The molecule has 0 fully saturated rings. The molecule has 4 heteroatoms. The van der Waals surface area contributed by atoms with Gasteiger partial charge in [0.15, 0.2) is 0 Å². The van der Waals surface area contributed by atoms with Crippen molar-refractivity contribution in [1.29, 1.82) is 0 Å². The van der Waals surface area contributed by atoms with Crippen LogP contribution in [-0.2, 0) is 17.8 Å². The minimum atomic E-state index is -0.0968. The molecule has 0 atom stereocenters. The molecule has 0 spiro atoms. The molecule has 30 heavy (non-hydrogen) atoms. The highest BCUT2D eigenvalue weighted by atomic mass is 16.1. The molecule has 0 aliphatic carbocycles. The largest absolute Gasteiger partial charge is 0.352 e. The van der Waals surface area contributed by atoms with E-state index in [1.165, 1.54) is 11.1 Å². The predicted octanol–water partition coefficient (Wildman–Crippen LogP) is 4.77. The molecule has 0 bridgehead atoms. The first-order valence-corrected chi connectivity index (χ1v) is 10.2. The summed E-state index contributed by atoms with van der Waals surface area (Å²) in [7, 11) is 0. The molecule has 0 aliphatic rings. The summed E-state index contributed by atoms with van der Waals surface area (Å²) < 4.78 is 2.25. The van der Waals surface area contributed by atoms with Gasteiger partial charge in [0.1, 0.15) is 5.82 Å². The lowest BCUT2D eigenvalue weighted by atomic mass is 10.1. The Kier molecular flexibility index (Phi) is 6.04. The van der Waals surface area contributed by atoms with Crippen molar-refractivity contribution in [2.45, 2.75) is 19.9 Å². The van der Waals surface area contributed by atoms with Crippen molar-refractivity contribution in [3.63, 3.8) is 0 Å². The number of para-hydroxylation sites is 2. The number of fused-ring (bicyclic) bond motifs is 1. The number of hydrogen-bond acceptors (Lipinski definition) is 2. The third kappa shape index (κ3) is 4.66. The van der Waals surface area contributed by atoms with Gasteiger partial charge in [-0.05, 0) is 41.8 Å². The number of carbonyl (C=O) groups excluding carboxylic acids is 1. The molecule has 1 aromatic heterocycles. The molecule has 0 aliphatic heterocycles. The number of nitrogens with zero attached hydrogens (tertiary/aromatic N) is 2. The maximum Gasteiger partial charge on any atom is 0.244 e. The van der Waals surface area contributed by atoms with Crippen LogP contribution in [0.25, 0.3) is 17.1 Å². The highest BCUT2D eigenvalue weighted by Crippen LogP contribution is 2.19. The van der Waals surface area contributed by atoms with Gasteiger partial charge in [-0.15, -0.1) is 0 Å². The van der Waals surface area contributed by atoms with E-state index in [0.29, 0.717) is 13.0 Å². The quantitative estimate of drug-likeness (QED) is 0.459. The average Bonchev–Trinajstić information content (AvgIpc) is 3.12. The van der Waals surface area contributed by atoms with Crippen molar-refractivity contribution in [3.05, 3.63) is 107 Å². The standard InChI is InChI=1S/C26H25N3O/c1-20-9-5-6-12-22(20)19-29-24-14-8-7-13-23(24)28-25(29)17-18-27-26(30)16-15-21-10-3-2-4-11-21/h2-16H,17-19H2,1H3,(H,27,30)/b16-15+. The molecule has 0 saturated carbocycles. The number of amides is 1. The van der Waals surface area contributed by atoms with Crippen LogP contribution in [0.4, 0.5) is 0 Å². The van der Waals surface area contributed by atoms with E-state index in [1.54, 1.807) is 6.08 Å². The second-order valence-corrected chi connectivity index (χ2v) is 7.31. The van der Waals surface area contributed by atoms with E-state index in [-0.39, 0.29) is 5.91 Å². The van der Waals surface area contributed by atoms with Gasteiger partial charge < -0.3 is 9.88 Å². The van der Waals surface area contributed by atoms with Gasteiger partial charge >= 0.3 is 0 Å². The van der Waals surface area contributed by atoms with Crippen molar-refractivity contribution in [2.24, 2.45) is 0 Å². The number of benzene rings is 3. The van der Waals surface area contributed by atoms with Gasteiger partial charge in [-0.3, -0.25) is 4.79 Å². The van der Waals surface area contributed by atoms with Gasteiger partial charge in [0.05, 0.1) is 11.0 Å². The highest BCUT2D eigenvalue weighted by Gasteiger charge is 2.12. The van der Waals surface area contributed by atoms with Gasteiger partial charge in [0, 0.05) is 25.6 Å². The normalized spacial score (nSPS) is 11.2. The van der Waals surface area contributed by atoms with E-state index in [9.17, 15) is 4.79 Å². The minimum Gasteiger partial charge on any atom is -0.352 e. The van der Waals surface area contributed by atoms with Crippen molar-refractivity contribution >= 4 is 23.0 Å². The Morgan fingerprint density at radius 3 is 2.53 bits per heavy atom. The first-order chi connectivity index (χ1) is 14.7. The monoisotopic (exact) mass is 395 g/mol. The molecular formula is C26H25N3O. The molecule has 4 nitrogen and oxygen atoms in total. The zero-order chi connectivity index (χ0) is 20.8. The predicted molar refractivity (Wildman–Crippen MR) is 122 cm³/mol. The summed E-state index contributed by atoms with van der Waals surface area (Å²) >= 11 is 0. The first-order valence-electron chi connectivity index (χ1n) is 10.2. The summed E-state index contributed by atoms with van der Waals surface area (Å²) in [6.07, 6.45) is 4.07. The fourth-order valence-electron chi connectivity index (χ4n) is 3.54. The van der Waals surface area contributed by atoms with Crippen LogP contribution in [0, 0.1) is 6.92 Å². The fourth-order valence-corrected chi connectivity index (χ4v) is 3.54. The summed E-state index contributed by atoms with van der Waals surface area (Å²) in [5.41, 5.74) is 5.65. The van der Waals surface area contributed by atoms with Gasteiger partial charge in [-0.25, -0.2) is 4.98 Å². The molecular weight excluding hydrogens is 370 g/mol. The van der Waals surface area contributed by atoms with Crippen molar-refractivity contribution in [3.8, 4) is 0 Å². The fraction of sp³-hybridized carbons (Fsp3) is 0.154. The molecule has 150 valence electrons. The average molecular weight is 396 g/mol. The van der Waals surface area contributed by atoms with Crippen LogP contribution in [0.1, 0.15) is 22.5 Å². The summed E-state index contributed by atoms with van der Waals surface area (Å²) in [5, 5.41) is 2.97. The highest BCUT2D eigenvalue weighted by molar-refractivity contribution is 5.91. The third-order valence-corrected chi connectivity index (χ3v) is 5.20. The van der Waals surface area contributed by atoms with Crippen LogP contribution in [0.5, 0.6) is 0 Å². The molecule has 3 aromatic carbocycles. The van der Waals surface area contributed by atoms with E-state index in [1.807, 2.05) is 54.6 Å². The number of aromatic nitrogens is 2. The van der Waals surface area contributed by atoms with Gasteiger partial charge in [-0.2, -0.15) is 0 Å². The third-order valence-electron chi connectivity index (χ3n) is 5.20. The van der Waals surface area contributed by atoms with Crippen LogP contribution < -0.4 is 5.32 Å². The van der Waals surface area contributed by atoms with E-state index in [0.717, 1.165) is 29.0 Å². The summed E-state index contributed by atoms with van der Waals surface area (Å²) in [5.74, 6) is 0.882. The van der Waals surface area contributed by atoms with E-state index < -0.39 is 0 Å². The molecule has 0 unspecified atom stereocenters. The topological polar surface area (TPSA) is 46.9 Å². The summed E-state index contributed by atoms with van der Waals surface area (Å²) in [6.45, 7) is 3.44. The SMILES string of the molecule is Cc1ccccc1Cn1c(CCNC(=O)/C=C/c2ccccc2)nc2ccccc21. The van der Waals surface area contributed by atoms with Crippen molar-refractivity contribution in [1.82, 2.24) is 14.9 Å². The lowest BCUT2D eigenvalue weighted by Gasteiger charge is -2.12. The molecule has 0 saturated heterocycles. The van der Waals surface area contributed by atoms with Crippen LogP contribution in [0.2, 0.25) is 0 Å². The van der Waals surface area contributed by atoms with Crippen LogP contribution in [-0.4, -0.2) is 22.0 Å². The smallest absolute Gasteiger partial charge is 0.244 e.